The fraction of sp³-hybridized carbons (Fsp3) is 0.333. The summed E-state index contributed by atoms with van der Waals surface area (Å²) in [5.74, 6) is 0.106. The van der Waals surface area contributed by atoms with E-state index >= 15 is 0 Å². The highest BCUT2D eigenvalue weighted by Crippen LogP contribution is 2.24. The minimum absolute atomic E-state index is 0.00938. The highest BCUT2D eigenvalue weighted by atomic mass is 35.5. The first-order valence-corrected chi connectivity index (χ1v) is 8.04. The van der Waals surface area contributed by atoms with E-state index in [1.54, 1.807) is 18.2 Å². The van der Waals surface area contributed by atoms with E-state index in [0.29, 0.717) is 22.3 Å². The molecule has 1 aliphatic heterocycles. The van der Waals surface area contributed by atoms with Gasteiger partial charge in [0, 0.05) is 0 Å². The molecule has 0 spiro atoms. The molecule has 1 atom stereocenters. The summed E-state index contributed by atoms with van der Waals surface area (Å²) in [5.41, 5.74) is 0.243. The molecule has 1 aromatic carbocycles. The number of benzene rings is 1. The van der Waals surface area contributed by atoms with Crippen molar-refractivity contribution in [3.05, 3.63) is 39.9 Å². The Kier molecular flexibility index (Phi) is 2.87. The van der Waals surface area contributed by atoms with Gasteiger partial charge in [0.2, 0.25) is 0 Å². The summed E-state index contributed by atoms with van der Waals surface area (Å²) in [7, 11) is -3.04. The molecule has 2 aromatic rings. The summed E-state index contributed by atoms with van der Waals surface area (Å²) in [4.78, 5) is 16.6. The summed E-state index contributed by atoms with van der Waals surface area (Å²) in [5, 5.41) is 0.682. The van der Waals surface area contributed by atoms with Crippen molar-refractivity contribution < 1.29 is 8.42 Å². The van der Waals surface area contributed by atoms with Gasteiger partial charge < -0.3 is 0 Å². The number of fused-ring (bicyclic) bond motifs is 1. The molecule has 1 fully saturated rings. The van der Waals surface area contributed by atoms with Gasteiger partial charge in [-0.05, 0) is 18.6 Å². The second-order valence-corrected chi connectivity index (χ2v) is 7.28. The van der Waals surface area contributed by atoms with Crippen molar-refractivity contribution in [1.82, 2.24) is 9.55 Å². The van der Waals surface area contributed by atoms with Crippen LogP contribution >= 0.6 is 11.6 Å². The van der Waals surface area contributed by atoms with E-state index in [9.17, 15) is 13.2 Å². The summed E-state index contributed by atoms with van der Waals surface area (Å²) in [6.07, 6.45) is 1.85. The molecule has 3 rings (SSSR count). The van der Waals surface area contributed by atoms with E-state index in [-0.39, 0.29) is 23.1 Å². The van der Waals surface area contributed by atoms with Crippen molar-refractivity contribution in [3.63, 3.8) is 0 Å². The van der Waals surface area contributed by atoms with Crippen LogP contribution in [0.5, 0.6) is 0 Å². The molecule has 0 aliphatic carbocycles. The zero-order chi connectivity index (χ0) is 13.6. The molecule has 0 bridgehead atoms. The first-order valence-electron chi connectivity index (χ1n) is 5.84. The van der Waals surface area contributed by atoms with Crippen LogP contribution in [-0.4, -0.2) is 29.5 Å². The minimum atomic E-state index is -3.04. The monoisotopic (exact) mass is 298 g/mol. The SMILES string of the molecule is O=c1c2c(Cl)cccc2ncn1C1CCS(=O)(=O)C1. The van der Waals surface area contributed by atoms with Gasteiger partial charge in [-0.2, -0.15) is 0 Å². The van der Waals surface area contributed by atoms with Crippen molar-refractivity contribution in [2.45, 2.75) is 12.5 Å². The molecule has 0 amide bonds. The zero-order valence-corrected chi connectivity index (χ0v) is 11.5. The molecule has 2 heterocycles. The van der Waals surface area contributed by atoms with Crippen LogP contribution in [0.3, 0.4) is 0 Å². The summed E-state index contributed by atoms with van der Waals surface area (Å²) >= 11 is 6.03. The first-order chi connectivity index (χ1) is 8.98. The highest BCUT2D eigenvalue weighted by Gasteiger charge is 2.30. The smallest absolute Gasteiger partial charge is 0.262 e. The van der Waals surface area contributed by atoms with E-state index in [1.165, 1.54) is 10.9 Å². The zero-order valence-electron chi connectivity index (χ0n) is 9.91. The van der Waals surface area contributed by atoms with Crippen LogP contribution in [-0.2, 0) is 9.84 Å². The maximum Gasteiger partial charge on any atom is 0.262 e. The van der Waals surface area contributed by atoms with Gasteiger partial charge in [0.1, 0.15) is 0 Å². The maximum atomic E-state index is 12.4. The molecule has 19 heavy (non-hydrogen) atoms. The molecule has 0 N–H and O–H groups in total. The van der Waals surface area contributed by atoms with Crippen LogP contribution in [0.4, 0.5) is 0 Å². The molecule has 1 aromatic heterocycles. The standard InChI is InChI=1S/C12H11ClN2O3S/c13-9-2-1-3-10-11(9)12(16)15(7-14-10)8-4-5-19(17,18)6-8/h1-3,7-8H,4-6H2. The molecular weight excluding hydrogens is 288 g/mol. The van der Waals surface area contributed by atoms with Crippen LogP contribution in [0.2, 0.25) is 5.02 Å². The third kappa shape index (κ3) is 2.15. The van der Waals surface area contributed by atoms with E-state index < -0.39 is 9.84 Å². The Morgan fingerprint density at radius 1 is 1.37 bits per heavy atom. The lowest BCUT2D eigenvalue weighted by atomic mass is 10.2. The van der Waals surface area contributed by atoms with Crippen molar-refractivity contribution >= 4 is 32.3 Å². The number of hydrogen-bond donors (Lipinski definition) is 0. The van der Waals surface area contributed by atoms with Gasteiger partial charge in [0.15, 0.2) is 9.84 Å². The third-order valence-electron chi connectivity index (χ3n) is 3.36. The quantitative estimate of drug-likeness (QED) is 0.798. The van der Waals surface area contributed by atoms with Gasteiger partial charge in [-0.3, -0.25) is 9.36 Å². The van der Waals surface area contributed by atoms with Crippen molar-refractivity contribution in [2.24, 2.45) is 0 Å². The molecule has 0 saturated carbocycles. The van der Waals surface area contributed by atoms with Crippen LogP contribution < -0.4 is 5.56 Å². The molecule has 100 valence electrons. The molecule has 5 nitrogen and oxygen atoms in total. The van der Waals surface area contributed by atoms with E-state index in [4.69, 9.17) is 11.6 Å². The second kappa shape index (κ2) is 4.31. The Bertz CT molecular complexity index is 813. The van der Waals surface area contributed by atoms with Crippen molar-refractivity contribution in [2.75, 3.05) is 11.5 Å². The van der Waals surface area contributed by atoms with Crippen LogP contribution in [0.15, 0.2) is 29.3 Å². The predicted molar refractivity (Wildman–Crippen MR) is 73.3 cm³/mol. The number of rotatable bonds is 1. The Balaban J connectivity index is 2.19. The molecule has 1 aliphatic rings. The average molecular weight is 299 g/mol. The first kappa shape index (κ1) is 12.6. The Morgan fingerprint density at radius 3 is 2.84 bits per heavy atom. The third-order valence-corrected chi connectivity index (χ3v) is 5.43. The van der Waals surface area contributed by atoms with E-state index in [2.05, 4.69) is 4.98 Å². The summed E-state index contributed by atoms with van der Waals surface area (Å²) in [6.45, 7) is 0. The molecule has 1 unspecified atom stereocenters. The van der Waals surface area contributed by atoms with Gasteiger partial charge in [-0.1, -0.05) is 17.7 Å². The van der Waals surface area contributed by atoms with Gasteiger partial charge in [0.05, 0.1) is 39.8 Å². The maximum absolute atomic E-state index is 12.4. The van der Waals surface area contributed by atoms with E-state index in [1.807, 2.05) is 0 Å². The molecule has 0 radical (unpaired) electrons. The van der Waals surface area contributed by atoms with Gasteiger partial charge in [-0.25, -0.2) is 13.4 Å². The average Bonchev–Trinajstić information content (AvgIpc) is 2.70. The number of hydrogen-bond acceptors (Lipinski definition) is 4. The number of halogens is 1. The van der Waals surface area contributed by atoms with Crippen LogP contribution in [0.25, 0.3) is 10.9 Å². The second-order valence-electron chi connectivity index (χ2n) is 4.65. The summed E-state index contributed by atoms with van der Waals surface area (Å²) in [6, 6.07) is 4.72. The lowest BCUT2D eigenvalue weighted by Crippen LogP contribution is -2.26. The van der Waals surface area contributed by atoms with Gasteiger partial charge in [-0.15, -0.1) is 0 Å². The largest absolute Gasteiger partial charge is 0.294 e. The van der Waals surface area contributed by atoms with Crippen LogP contribution in [0.1, 0.15) is 12.5 Å². The lowest BCUT2D eigenvalue weighted by Gasteiger charge is -2.12. The number of nitrogens with zero attached hydrogens (tertiary/aromatic N) is 2. The normalized spacial score (nSPS) is 21.8. The van der Waals surface area contributed by atoms with Gasteiger partial charge >= 0.3 is 0 Å². The Labute approximate surface area is 114 Å². The van der Waals surface area contributed by atoms with Crippen molar-refractivity contribution in [1.29, 1.82) is 0 Å². The van der Waals surface area contributed by atoms with Crippen molar-refractivity contribution in [3.8, 4) is 0 Å². The number of sulfone groups is 1. The predicted octanol–water partition coefficient (Wildman–Crippen LogP) is 1.41. The van der Waals surface area contributed by atoms with Gasteiger partial charge in [0.25, 0.3) is 5.56 Å². The fourth-order valence-corrected chi connectivity index (χ4v) is 4.35. The Hall–Kier alpha value is -1.40. The molecule has 1 saturated heterocycles. The summed E-state index contributed by atoms with van der Waals surface area (Å²) < 4.78 is 24.4. The minimum Gasteiger partial charge on any atom is -0.294 e. The molecular formula is C12H11ClN2O3S. The molecule has 7 heteroatoms. The van der Waals surface area contributed by atoms with Crippen LogP contribution in [0, 0.1) is 0 Å². The van der Waals surface area contributed by atoms with E-state index in [0.717, 1.165) is 0 Å². The Morgan fingerprint density at radius 2 is 2.16 bits per heavy atom. The topological polar surface area (TPSA) is 69.0 Å². The number of aromatic nitrogens is 2. The highest BCUT2D eigenvalue weighted by molar-refractivity contribution is 7.91. The lowest BCUT2D eigenvalue weighted by molar-refractivity contribution is 0.534. The fourth-order valence-electron chi connectivity index (χ4n) is 2.39.